The van der Waals surface area contributed by atoms with E-state index in [-0.39, 0.29) is 166 Å². The van der Waals surface area contributed by atoms with Gasteiger partial charge < -0.3 is 54.0 Å². The van der Waals surface area contributed by atoms with Gasteiger partial charge in [-0.3, -0.25) is 38.4 Å². The Kier molecular flexibility index (Phi) is 49.9. The van der Waals surface area contributed by atoms with Gasteiger partial charge in [-0.1, -0.05) is 178 Å². The third-order valence-electron chi connectivity index (χ3n) is 27.3. The van der Waals surface area contributed by atoms with E-state index in [4.69, 9.17) is 28.4 Å². The summed E-state index contributed by atoms with van der Waals surface area (Å²) < 4.78 is 35.8. The van der Waals surface area contributed by atoms with Crippen molar-refractivity contribution in [3.63, 3.8) is 0 Å². The minimum absolute atomic E-state index is 0.0298. The van der Waals surface area contributed by atoms with Crippen LogP contribution in [0.4, 0.5) is 0 Å². The average molecular weight is 2010 g/mol. The molecule has 2 aliphatic carbocycles. The second kappa shape index (κ2) is 62.3. The van der Waals surface area contributed by atoms with Gasteiger partial charge >= 0.3 is 17.9 Å². The number of hydrogen-bond donors (Lipinski definition) is 5. The molecule has 22 nitrogen and oxygen atoms in total. The predicted octanol–water partition coefficient (Wildman–Crippen LogP) is 28.0. The molecule has 0 spiro atoms. The molecule has 8 aromatic carbocycles. The number of phenolic OH excluding ortho intramolecular Hbond substituents is 5. The van der Waals surface area contributed by atoms with Crippen LogP contribution in [0.2, 0.25) is 0 Å². The summed E-state index contributed by atoms with van der Waals surface area (Å²) in [5.41, 5.74) is 10.8. The van der Waals surface area contributed by atoms with Gasteiger partial charge in [-0.05, 0) is 276 Å². The number of rotatable bonds is 61. The molecule has 16 bridgehead atoms. The first-order valence-electron chi connectivity index (χ1n) is 54.3. The number of benzene rings is 8. The van der Waals surface area contributed by atoms with Crippen LogP contribution in [0.1, 0.15) is 471 Å². The molecule has 0 atom stereocenters. The van der Waals surface area contributed by atoms with E-state index in [1.165, 1.54) is 0 Å². The first kappa shape index (κ1) is 118. The van der Waals surface area contributed by atoms with Gasteiger partial charge in [0.15, 0.2) is 46.3 Å². The highest BCUT2D eigenvalue weighted by Crippen LogP contribution is 2.45. The lowest BCUT2D eigenvalue weighted by atomic mass is 9.86. The Morgan fingerprint density at radius 3 is 0.469 bits per heavy atom. The van der Waals surface area contributed by atoms with E-state index >= 15 is 0 Å². The van der Waals surface area contributed by atoms with E-state index < -0.39 is 17.9 Å². The molecule has 8 aromatic rings. The number of carbonyl (C=O) groups is 11. The van der Waals surface area contributed by atoms with Gasteiger partial charge in [0.05, 0.1) is 39.6 Å². The van der Waals surface area contributed by atoms with Crippen LogP contribution >= 0.6 is 0 Å². The maximum atomic E-state index is 14.3. The van der Waals surface area contributed by atoms with E-state index in [1.807, 2.05) is 0 Å². The van der Waals surface area contributed by atoms with Crippen molar-refractivity contribution in [3.05, 3.63) is 269 Å². The Bertz CT molecular complexity index is 5490. The summed E-state index contributed by atoms with van der Waals surface area (Å²) in [6.07, 6.45) is 28.9. The lowest BCUT2D eigenvalue weighted by molar-refractivity contribution is -0.138. The van der Waals surface area contributed by atoms with Crippen molar-refractivity contribution in [2.75, 3.05) is 39.6 Å². The third-order valence-corrected chi connectivity index (χ3v) is 27.3. The Morgan fingerprint density at radius 2 is 0.333 bits per heavy atom. The molecule has 147 heavy (non-hydrogen) atoms. The van der Waals surface area contributed by atoms with Crippen LogP contribution in [0.25, 0.3) is 0 Å². The number of carbonyl (C=O) groups excluding carboxylic acids is 11. The van der Waals surface area contributed by atoms with E-state index in [0.29, 0.717) is 292 Å². The molecule has 0 unspecified atom stereocenters. The van der Waals surface area contributed by atoms with Crippen molar-refractivity contribution >= 4 is 64.2 Å². The first-order chi connectivity index (χ1) is 71.1. The van der Waals surface area contributed by atoms with Gasteiger partial charge in [0.25, 0.3) is 0 Å². The second-order valence-corrected chi connectivity index (χ2v) is 39.3. The maximum Gasteiger partial charge on any atom is 0.330 e. The molecule has 22 heteroatoms. The van der Waals surface area contributed by atoms with Gasteiger partial charge in [-0.2, -0.15) is 0 Å². The van der Waals surface area contributed by atoms with Gasteiger partial charge in [0, 0.05) is 165 Å². The van der Waals surface area contributed by atoms with Crippen LogP contribution in [-0.4, -0.2) is 129 Å². The zero-order chi connectivity index (χ0) is 106. The minimum atomic E-state index is -0.525. The molecule has 0 heterocycles. The van der Waals surface area contributed by atoms with Crippen molar-refractivity contribution in [1.82, 2.24) is 0 Å². The smallest absolute Gasteiger partial charge is 0.330 e. The van der Waals surface area contributed by atoms with Crippen molar-refractivity contribution in [3.8, 4) is 46.0 Å². The number of aromatic hydroxyl groups is 5. The third kappa shape index (κ3) is 36.0. The Hall–Kier alpha value is -12.9. The standard InChI is InChI=1S/C66H84O12.C59H74O10/c1-7-13-17-25-57(67)45-33-49-41-53-37-47(59(69)27-19-15-9-3)39-55(65(53)77-31-23-21-29-75-61(71)11-5)43-51-35-46(58(68)26-18-14-8-2)36-52(64(51)74)44-56-40-48(60(70)28-20-16-10-4)38-54(42-50(34-45)63(49)73)66(56)78-32-24-22-30-76-62(72)12-6;1-6-11-15-21-51(60)39-27-43-35-45-29-40(52(61)22-16-12-7-2)31-47(57(45)66)37-49-33-42(54(63)24-18-14-9-4)34-50(59(49)69-26-20-19-25-68-55(64)10-5)38-48-32-41(53(62)23-17-13-8-3)30-46(58(48)67)36-44(28-39)56(43)65/h11-12,33-40,73-74H,5-10,13-32,41-44H2,1-4H3;10,27-34,65-67H,5-9,11-26,35-38H2,1-4H3. The highest BCUT2D eigenvalue weighted by atomic mass is 16.5. The van der Waals surface area contributed by atoms with Crippen molar-refractivity contribution in [2.24, 2.45) is 0 Å². The summed E-state index contributed by atoms with van der Waals surface area (Å²) in [4.78, 5) is 148. The quantitative estimate of drug-likeness (QED) is 0.00777. The molecule has 0 aromatic heterocycles. The average Bonchev–Trinajstić information content (AvgIpc) is 0.767. The molecular weight excluding hydrogens is 1850 g/mol. The summed E-state index contributed by atoms with van der Waals surface area (Å²) in [5.74, 6) is -1.34. The van der Waals surface area contributed by atoms with E-state index in [9.17, 15) is 78.3 Å². The Labute approximate surface area is 870 Å². The summed E-state index contributed by atoms with van der Waals surface area (Å²) >= 11 is 0. The normalized spacial score (nSPS) is 11.9. The zero-order valence-corrected chi connectivity index (χ0v) is 88.5. The molecule has 5 N–H and O–H groups in total. The highest BCUT2D eigenvalue weighted by Gasteiger charge is 2.31. The molecule has 0 aliphatic heterocycles. The lowest BCUT2D eigenvalue weighted by Gasteiger charge is -2.23. The van der Waals surface area contributed by atoms with Gasteiger partial charge in [0.1, 0.15) is 46.0 Å². The predicted molar refractivity (Wildman–Crippen MR) is 578 cm³/mol. The maximum absolute atomic E-state index is 14.3. The molecule has 0 radical (unpaired) electrons. The SMILES string of the molecule is C=CC(=O)OCCCCOc1c2cc(C(=O)CCCCC)cc1Cc1cc(C(=O)CCCCC)cc(c1O)Cc1cc(C(=O)CCCCC)cc(c1O)Cc1cc(C(=O)CCCCC)cc(c1O)C2.C=CC(=O)OCCCCOc1c2cc(C(=O)CCCCC)cc1Cc1cc(C(=O)CCCCC)cc(c1O)Cc1cc(C(=O)CCCCC)cc(c1OCCCCOC(=O)C=C)Cc1cc(C(=O)CCCCC)cc(c1O)C2. The van der Waals surface area contributed by atoms with Gasteiger partial charge in [0.2, 0.25) is 0 Å². The topological polar surface area (TPSA) is 344 Å². The van der Waals surface area contributed by atoms with Crippen molar-refractivity contribution in [1.29, 1.82) is 0 Å². The summed E-state index contributed by atoms with van der Waals surface area (Å²) in [6, 6.07) is 27.8. The number of hydrogen-bond acceptors (Lipinski definition) is 22. The highest BCUT2D eigenvalue weighted by molar-refractivity contribution is 6.02. The number of ketones is 8. The molecule has 2 aliphatic rings. The minimum Gasteiger partial charge on any atom is -0.507 e. The van der Waals surface area contributed by atoms with Gasteiger partial charge in [-0.15, -0.1) is 0 Å². The summed E-state index contributed by atoms with van der Waals surface area (Å²) in [6.45, 7) is 28.1. The molecule has 790 valence electrons. The van der Waals surface area contributed by atoms with E-state index in [1.54, 1.807) is 97.1 Å². The van der Waals surface area contributed by atoms with Crippen LogP contribution in [0, 0.1) is 0 Å². The van der Waals surface area contributed by atoms with Crippen LogP contribution in [0.3, 0.4) is 0 Å². The molecule has 0 saturated carbocycles. The molecule has 10 rings (SSSR count). The fourth-order valence-corrected chi connectivity index (χ4v) is 19.0. The lowest BCUT2D eigenvalue weighted by Crippen LogP contribution is -2.12. The van der Waals surface area contributed by atoms with Crippen molar-refractivity contribution in [2.45, 2.75) is 351 Å². The number of esters is 3. The first-order valence-corrected chi connectivity index (χ1v) is 54.3. The Morgan fingerprint density at radius 1 is 0.204 bits per heavy atom. The van der Waals surface area contributed by atoms with E-state index in [0.717, 1.165) is 121 Å². The molecular formula is C125H158O22. The van der Waals surface area contributed by atoms with Crippen LogP contribution in [-0.2, 0) is 80.0 Å². The number of Topliss-reactive ketones (excluding diaryl/α,β-unsaturated/α-hetero) is 8. The molecule has 0 saturated heterocycles. The summed E-state index contributed by atoms with van der Waals surface area (Å²) in [5, 5.41) is 62.1. The largest absolute Gasteiger partial charge is 0.507 e. The fraction of sp³-hybridized carbons (Fsp3) is 0.480. The number of fused-ring (bicyclic) bond motifs is 16. The monoisotopic (exact) mass is 2010 g/mol. The zero-order valence-electron chi connectivity index (χ0n) is 88.5. The van der Waals surface area contributed by atoms with Crippen LogP contribution in [0.5, 0.6) is 46.0 Å². The second-order valence-electron chi connectivity index (χ2n) is 39.3. The number of phenols is 5. The van der Waals surface area contributed by atoms with Gasteiger partial charge in [-0.25, -0.2) is 14.4 Å². The summed E-state index contributed by atoms with van der Waals surface area (Å²) in [7, 11) is 0. The van der Waals surface area contributed by atoms with Crippen LogP contribution in [0.15, 0.2) is 135 Å². The Balaban J connectivity index is 0.000000329. The molecule has 0 fully saturated rings. The van der Waals surface area contributed by atoms with Crippen molar-refractivity contribution < 1.29 is 107 Å². The number of ether oxygens (including phenoxy) is 6. The van der Waals surface area contributed by atoms with Crippen LogP contribution < -0.4 is 14.2 Å². The number of unbranched alkanes of at least 4 members (excludes halogenated alkanes) is 19. The molecule has 0 amide bonds. The fourth-order valence-electron chi connectivity index (χ4n) is 19.0. The van der Waals surface area contributed by atoms with E-state index in [2.05, 4.69) is 75.1 Å².